The van der Waals surface area contributed by atoms with Gasteiger partial charge in [-0.2, -0.15) is 0 Å². The lowest BCUT2D eigenvalue weighted by molar-refractivity contribution is 0.376. The summed E-state index contributed by atoms with van der Waals surface area (Å²) in [5.41, 5.74) is 8.64. The Kier molecular flexibility index (Phi) is 2.51. The molecule has 1 aromatic rings. The summed E-state index contributed by atoms with van der Waals surface area (Å²) in [5.74, 6) is 2.07. The predicted molar refractivity (Wildman–Crippen MR) is 64.4 cm³/mol. The van der Waals surface area contributed by atoms with Crippen molar-refractivity contribution in [3.05, 3.63) is 17.2 Å². The topological polar surface area (TPSA) is 43.8 Å². The number of nitrogens with zero attached hydrogens (tertiary/aromatic N) is 2. The van der Waals surface area contributed by atoms with E-state index in [1.54, 1.807) is 0 Å². The van der Waals surface area contributed by atoms with Crippen LogP contribution in [0.15, 0.2) is 0 Å². The lowest BCUT2D eigenvalue weighted by Crippen LogP contribution is -2.19. The molecule has 0 spiro atoms. The van der Waals surface area contributed by atoms with E-state index in [2.05, 4.69) is 11.5 Å². The molecular formula is C13H21N3. The van der Waals surface area contributed by atoms with Crippen molar-refractivity contribution in [3.8, 4) is 0 Å². The second kappa shape index (κ2) is 3.88. The molecule has 2 heterocycles. The second-order valence-corrected chi connectivity index (χ2v) is 5.33. The molecule has 1 unspecified atom stereocenters. The molecule has 1 aliphatic carbocycles. The molecule has 3 heteroatoms. The van der Waals surface area contributed by atoms with Crippen molar-refractivity contribution in [1.82, 2.24) is 9.55 Å². The average Bonchev–Trinajstić information content (AvgIpc) is 2.56. The van der Waals surface area contributed by atoms with Crippen molar-refractivity contribution in [2.75, 3.05) is 0 Å². The number of imidazole rings is 1. The molecule has 3 nitrogen and oxygen atoms in total. The first-order chi connectivity index (χ1) is 7.77. The molecule has 0 aromatic carbocycles. The maximum atomic E-state index is 6.03. The van der Waals surface area contributed by atoms with Crippen LogP contribution in [0.2, 0.25) is 0 Å². The molecule has 1 aliphatic heterocycles. The second-order valence-electron chi connectivity index (χ2n) is 5.33. The molecule has 0 amide bonds. The van der Waals surface area contributed by atoms with E-state index >= 15 is 0 Å². The summed E-state index contributed by atoms with van der Waals surface area (Å²) in [6.07, 6.45) is 7.82. The van der Waals surface area contributed by atoms with Gasteiger partial charge in [-0.1, -0.05) is 6.42 Å². The van der Waals surface area contributed by atoms with Gasteiger partial charge in [-0.25, -0.2) is 4.98 Å². The first-order valence-corrected chi connectivity index (χ1v) is 6.62. The van der Waals surface area contributed by atoms with Crippen LogP contribution in [0.25, 0.3) is 0 Å². The number of nitrogens with two attached hydrogens (primary N) is 1. The molecule has 1 atom stereocenters. The molecular weight excluding hydrogens is 198 g/mol. The Morgan fingerprint density at radius 2 is 2.12 bits per heavy atom. The van der Waals surface area contributed by atoms with Crippen molar-refractivity contribution in [3.63, 3.8) is 0 Å². The summed E-state index contributed by atoms with van der Waals surface area (Å²) in [6, 6.07) is 0.0909. The highest BCUT2D eigenvalue weighted by Gasteiger charge is 2.29. The molecule has 0 bridgehead atoms. The van der Waals surface area contributed by atoms with Crippen LogP contribution in [-0.4, -0.2) is 9.55 Å². The number of hydrogen-bond donors (Lipinski definition) is 1. The normalized spacial score (nSPS) is 22.6. The van der Waals surface area contributed by atoms with Crippen LogP contribution in [0, 0.1) is 0 Å². The predicted octanol–water partition coefficient (Wildman–Crippen LogP) is 2.51. The summed E-state index contributed by atoms with van der Waals surface area (Å²) >= 11 is 0. The van der Waals surface area contributed by atoms with Gasteiger partial charge in [0.15, 0.2) is 0 Å². The summed E-state index contributed by atoms with van der Waals surface area (Å²) < 4.78 is 2.48. The lowest BCUT2D eigenvalue weighted by atomic mass is 9.84. The zero-order chi connectivity index (χ0) is 11.1. The van der Waals surface area contributed by atoms with E-state index < -0.39 is 0 Å². The third-order valence-electron chi connectivity index (χ3n) is 4.08. The van der Waals surface area contributed by atoms with Crippen molar-refractivity contribution in [1.29, 1.82) is 0 Å². The Hall–Kier alpha value is -0.830. The summed E-state index contributed by atoms with van der Waals surface area (Å²) in [5, 5.41) is 0. The Balaban J connectivity index is 2.03. The molecule has 0 saturated heterocycles. The van der Waals surface area contributed by atoms with Crippen LogP contribution in [-0.2, 0) is 13.0 Å². The Morgan fingerprint density at radius 3 is 2.75 bits per heavy atom. The van der Waals surface area contributed by atoms with Crippen molar-refractivity contribution in [2.45, 2.75) is 64.0 Å². The maximum Gasteiger partial charge on any atom is 0.112 e. The van der Waals surface area contributed by atoms with Gasteiger partial charge in [-0.15, -0.1) is 0 Å². The fourth-order valence-electron chi connectivity index (χ4n) is 2.94. The zero-order valence-electron chi connectivity index (χ0n) is 10.1. The third kappa shape index (κ3) is 1.49. The zero-order valence-corrected chi connectivity index (χ0v) is 10.1. The SMILES string of the molecule is CC(N)c1nc(C2CCC2)n2c1CCCC2. The largest absolute Gasteiger partial charge is 0.331 e. The van der Waals surface area contributed by atoms with E-state index in [0.717, 1.165) is 5.92 Å². The van der Waals surface area contributed by atoms with Gasteiger partial charge in [0, 0.05) is 24.2 Å². The standard InChI is InChI=1S/C13H21N3/c1-9(14)12-11-7-2-3-8-16(11)13(15-12)10-5-4-6-10/h9-10H,2-8,14H2,1H3. The lowest BCUT2D eigenvalue weighted by Gasteiger charge is -2.27. The minimum atomic E-state index is 0.0909. The maximum absolute atomic E-state index is 6.03. The number of hydrogen-bond acceptors (Lipinski definition) is 2. The first kappa shape index (κ1) is 10.3. The fourth-order valence-corrected chi connectivity index (χ4v) is 2.94. The Bertz CT molecular complexity index is 388. The van der Waals surface area contributed by atoms with E-state index in [0.29, 0.717) is 0 Å². The number of rotatable bonds is 2. The van der Waals surface area contributed by atoms with Crippen molar-refractivity contribution in [2.24, 2.45) is 5.73 Å². The van der Waals surface area contributed by atoms with Gasteiger partial charge < -0.3 is 10.3 Å². The van der Waals surface area contributed by atoms with Crippen LogP contribution in [0.5, 0.6) is 0 Å². The van der Waals surface area contributed by atoms with Crippen LogP contribution < -0.4 is 5.73 Å². The van der Waals surface area contributed by atoms with Crippen molar-refractivity contribution >= 4 is 0 Å². The van der Waals surface area contributed by atoms with Crippen LogP contribution in [0.3, 0.4) is 0 Å². The summed E-state index contributed by atoms with van der Waals surface area (Å²) in [4.78, 5) is 4.85. The minimum Gasteiger partial charge on any atom is -0.331 e. The molecule has 0 radical (unpaired) electrons. The molecule has 88 valence electrons. The smallest absolute Gasteiger partial charge is 0.112 e. The molecule has 1 aromatic heterocycles. The summed E-state index contributed by atoms with van der Waals surface area (Å²) in [7, 11) is 0. The molecule has 2 N–H and O–H groups in total. The highest BCUT2D eigenvalue weighted by atomic mass is 15.1. The summed E-state index contributed by atoms with van der Waals surface area (Å²) in [6.45, 7) is 3.23. The highest BCUT2D eigenvalue weighted by Crippen LogP contribution is 2.38. The van der Waals surface area contributed by atoms with Gasteiger partial charge in [0.1, 0.15) is 5.82 Å². The van der Waals surface area contributed by atoms with Gasteiger partial charge in [-0.05, 0) is 39.0 Å². The molecule has 1 saturated carbocycles. The van der Waals surface area contributed by atoms with Crippen LogP contribution >= 0.6 is 0 Å². The van der Waals surface area contributed by atoms with E-state index in [1.165, 1.54) is 62.3 Å². The van der Waals surface area contributed by atoms with E-state index in [-0.39, 0.29) is 6.04 Å². The van der Waals surface area contributed by atoms with Crippen LogP contribution in [0.1, 0.15) is 68.2 Å². The van der Waals surface area contributed by atoms with Crippen LogP contribution in [0.4, 0.5) is 0 Å². The molecule has 2 aliphatic rings. The van der Waals surface area contributed by atoms with E-state index in [4.69, 9.17) is 10.7 Å². The number of fused-ring (bicyclic) bond motifs is 1. The minimum absolute atomic E-state index is 0.0909. The fraction of sp³-hybridized carbons (Fsp3) is 0.769. The van der Waals surface area contributed by atoms with E-state index in [1.807, 2.05) is 0 Å². The highest BCUT2D eigenvalue weighted by molar-refractivity contribution is 5.24. The quantitative estimate of drug-likeness (QED) is 0.830. The molecule has 1 fully saturated rings. The van der Waals surface area contributed by atoms with Gasteiger partial charge in [0.2, 0.25) is 0 Å². The van der Waals surface area contributed by atoms with Gasteiger partial charge in [-0.3, -0.25) is 0 Å². The van der Waals surface area contributed by atoms with Gasteiger partial charge in [0.25, 0.3) is 0 Å². The Labute approximate surface area is 97.0 Å². The van der Waals surface area contributed by atoms with Gasteiger partial charge in [0.05, 0.1) is 5.69 Å². The first-order valence-electron chi connectivity index (χ1n) is 6.62. The Morgan fingerprint density at radius 1 is 1.31 bits per heavy atom. The van der Waals surface area contributed by atoms with E-state index in [9.17, 15) is 0 Å². The van der Waals surface area contributed by atoms with Gasteiger partial charge >= 0.3 is 0 Å². The average molecular weight is 219 g/mol. The molecule has 3 rings (SSSR count). The molecule has 16 heavy (non-hydrogen) atoms. The number of aromatic nitrogens is 2. The monoisotopic (exact) mass is 219 g/mol. The van der Waals surface area contributed by atoms with Crippen molar-refractivity contribution < 1.29 is 0 Å². The third-order valence-corrected chi connectivity index (χ3v) is 4.08.